The standard InChI is InChI=1S/C22H18FN3O3/c1-3-12-24-20(27)14-29-22(28)19-13-26(18-10-8-17(23)9-11-18)25-21(19)16-6-4-15(2)5-7-16/h1,4-11,13H,12,14H2,2H3,(H,24,27). The van der Waals surface area contributed by atoms with E-state index in [2.05, 4.69) is 16.3 Å². The Balaban J connectivity index is 1.92. The second kappa shape index (κ2) is 8.85. The minimum Gasteiger partial charge on any atom is -0.452 e. The molecule has 1 amide bonds. The number of amides is 1. The number of hydrogen-bond acceptors (Lipinski definition) is 4. The highest BCUT2D eigenvalue weighted by Crippen LogP contribution is 2.25. The number of carbonyl (C=O) groups excluding carboxylic acids is 2. The molecule has 146 valence electrons. The molecule has 0 saturated carbocycles. The third kappa shape index (κ3) is 4.87. The molecule has 3 aromatic rings. The van der Waals surface area contributed by atoms with E-state index in [1.54, 1.807) is 12.1 Å². The number of nitrogens with zero attached hydrogens (tertiary/aromatic N) is 2. The molecule has 2 aromatic carbocycles. The SMILES string of the molecule is C#CCNC(=O)COC(=O)c1cn(-c2ccc(F)cc2)nc1-c1ccc(C)cc1. The quantitative estimate of drug-likeness (QED) is 0.518. The number of esters is 1. The van der Waals surface area contributed by atoms with Crippen LogP contribution in [0.1, 0.15) is 15.9 Å². The maximum atomic E-state index is 13.2. The van der Waals surface area contributed by atoms with Gasteiger partial charge in [-0.25, -0.2) is 13.9 Å². The lowest BCUT2D eigenvalue weighted by atomic mass is 10.1. The van der Waals surface area contributed by atoms with E-state index in [-0.39, 0.29) is 17.9 Å². The number of terminal acetylenes is 1. The first-order valence-electron chi connectivity index (χ1n) is 8.78. The van der Waals surface area contributed by atoms with Gasteiger partial charge in [-0.2, -0.15) is 5.10 Å². The fraction of sp³-hybridized carbons (Fsp3) is 0.136. The summed E-state index contributed by atoms with van der Waals surface area (Å²) in [5.74, 6) is 0.684. The fourth-order valence-corrected chi connectivity index (χ4v) is 2.58. The molecule has 1 aromatic heterocycles. The molecule has 3 rings (SSSR count). The number of rotatable bonds is 6. The fourth-order valence-electron chi connectivity index (χ4n) is 2.58. The minimum atomic E-state index is -0.704. The molecule has 0 bridgehead atoms. The molecule has 1 heterocycles. The van der Waals surface area contributed by atoms with Crippen LogP contribution in [0.4, 0.5) is 4.39 Å². The molecule has 0 atom stereocenters. The van der Waals surface area contributed by atoms with E-state index in [0.717, 1.165) is 5.56 Å². The number of halogens is 1. The predicted molar refractivity (Wildman–Crippen MR) is 106 cm³/mol. The van der Waals surface area contributed by atoms with Gasteiger partial charge in [0.1, 0.15) is 17.1 Å². The van der Waals surface area contributed by atoms with Crippen LogP contribution in [0.25, 0.3) is 16.9 Å². The Kier molecular flexibility index (Phi) is 6.05. The zero-order valence-electron chi connectivity index (χ0n) is 15.7. The summed E-state index contributed by atoms with van der Waals surface area (Å²) in [4.78, 5) is 24.3. The van der Waals surface area contributed by atoms with Gasteiger partial charge in [-0.15, -0.1) is 6.42 Å². The molecule has 0 aliphatic rings. The molecule has 0 aliphatic carbocycles. The van der Waals surface area contributed by atoms with Crippen molar-refractivity contribution in [1.29, 1.82) is 0 Å². The third-order valence-electron chi connectivity index (χ3n) is 4.07. The summed E-state index contributed by atoms with van der Waals surface area (Å²) in [6.07, 6.45) is 6.57. The zero-order valence-corrected chi connectivity index (χ0v) is 15.7. The lowest BCUT2D eigenvalue weighted by Gasteiger charge is -2.05. The van der Waals surface area contributed by atoms with Crippen LogP contribution in [0.15, 0.2) is 54.7 Å². The Morgan fingerprint density at radius 2 is 1.86 bits per heavy atom. The van der Waals surface area contributed by atoms with Crippen molar-refractivity contribution < 1.29 is 18.7 Å². The maximum Gasteiger partial charge on any atom is 0.342 e. The van der Waals surface area contributed by atoms with Crippen LogP contribution in [0.3, 0.4) is 0 Å². The highest BCUT2D eigenvalue weighted by molar-refractivity contribution is 5.97. The van der Waals surface area contributed by atoms with Crippen molar-refractivity contribution in [3.05, 3.63) is 71.7 Å². The Morgan fingerprint density at radius 1 is 1.17 bits per heavy atom. The van der Waals surface area contributed by atoms with E-state index in [4.69, 9.17) is 11.2 Å². The van der Waals surface area contributed by atoms with Crippen LogP contribution in [-0.4, -0.2) is 34.8 Å². The van der Waals surface area contributed by atoms with Crippen LogP contribution >= 0.6 is 0 Å². The number of ether oxygens (including phenoxy) is 1. The van der Waals surface area contributed by atoms with Gasteiger partial charge in [-0.3, -0.25) is 4.79 Å². The summed E-state index contributed by atoms with van der Waals surface area (Å²) in [6, 6.07) is 13.2. The summed E-state index contributed by atoms with van der Waals surface area (Å²) in [5, 5.41) is 6.89. The molecule has 0 radical (unpaired) electrons. The van der Waals surface area contributed by atoms with Gasteiger partial charge in [0.2, 0.25) is 0 Å². The first kappa shape index (κ1) is 19.8. The van der Waals surface area contributed by atoms with Gasteiger partial charge in [0.15, 0.2) is 6.61 Å². The molecule has 0 spiro atoms. The van der Waals surface area contributed by atoms with Crippen molar-refractivity contribution in [1.82, 2.24) is 15.1 Å². The molecule has 6 nitrogen and oxygen atoms in total. The van der Waals surface area contributed by atoms with Gasteiger partial charge < -0.3 is 10.1 Å². The monoisotopic (exact) mass is 391 g/mol. The van der Waals surface area contributed by atoms with E-state index in [1.165, 1.54) is 23.0 Å². The molecule has 7 heteroatoms. The number of nitrogens with one attached hydrogen (secondary N) is 1. The highest BCUT2D eigenvalue weighted by atomic mass is 19.1. The minimum absolute atomic E-state index is 0.0491. The molecule has 0 aliphatic heterocycles. The van der Waals surface area contributed by atoms with E-state index in [9.17, 15) is 14.0 Å². The van der Waals surface area contributed by atoms with Crippen LogP contribution < -0.4 is 5.32 Å². The van der Waals surface area contributed by atoms with Gasteiger partial charge >= 0.3 is 5.97 Å². The van der Waals surface area contributed by atoms with Crippen molar-refractivity contribution in [2.45, 2.75) is 6.92 Å². The lowest BCUT2D eigenvalue weighted by molar-refractivity contribution is -0.123. The van der Waals surface area contributed by atoms with Gasteiger partial charge in [-0.05, 0) is 31.2 Å². The number of benzene rings is 2. The lowest BCUT2D eigenvalue weighted by Crippen LogP contribution is -2.29. The summed E-state index contributed by atoms with van der Waals surface area (Å²) < 4.78 is 19.8. The Labute approximate surface area is 167 Å². The van der Waals surface area contributed by atoms with Crippen molar-refractivity contribution in [2.75, 3.05) is 13.2 Å². The van der Waals surface area contributed by atoms with Crippen LogP contribution in [0.5, 0.6) is 0 Å². The van der Waals surface area contributed by atoms with E-state index in [1.807, 2.05) is 31.2 Å². The molecular formula is C22H18FN3O3. The normalized spacial score (nSPS) is 10.2. The number of aromatic nitrogens is 2. The first-order valence-corrected chi connectivity index (χ1v) is 8.78. The number of hydrogen-bond donors (Lipinski definition) is 1. The highest BCUT2D eigenvalue weighted by Gasteiger charge is 2.21. The maximum absolute atomic E-state index is 13.2. The third-order valence-corrected chi connectivity index (χ3v) is 4.07. The number of carbonyl (C=O) groups is 2. The van der Waals surface area contributed by atoms with Gasteiger partial charge in [0.05, 0.1) is 12.2 Å². The molecule has 0 fully saturated rings. The zero-order chi connectivity index (χ0) is 20.8. The van der Waals surface area contributed by atoms with Crippen LogP contribution in [0, 0.1) is 25.1 Å². The molecule has 0 saturated heterocycles. The molecular weight excluding hydrogens is 373 g/mol. The summed E-state index contributed by atoms with van der Waals surface area (Å²) in [6.45, 7) is 1.54. The summed E-state index contributed by atoms with van der Waals surface area (Å²) in [7, 11) is 0. The molecule has 1 N–H and O–H groups in total. The van der Waals surface area contributed by atoms with Crippen molar-refractivity contribution in [3.8, 4) is 29.3 Å². The topological polar surface area (TPSA) is 73.2 Å². The predicted octanol–water partition coefficient (Wildman–Crippen LogP) is 2.89. The van der Waals surface area contributed by atoms with E-state index >= 15 is 0 Å². The molecule has 0 unspecified atom stereocenters. The Bertz CT molecular complexity index is 1060. The van der Waals surface area contributed by atoms with Crippen molar-refractivity contribution >= 4 is 11.9 Å². The van der Waals surface area contributed by atoms with Crippen molar-refractivity contribution in [2.24, 2.45) is 0 Å². The van der Waals surface area contributed by atoms with Crippen LogP contribution in [-0.2, 0) is 9.53 Å². The number of aryl methyl sites for hydroxylation is 1. The average Bonchev–Trinajstić information content (AvgIpc) is 3.17. The smallest absolute Gasteiger partial charge is 0.342 e. The largest absolute Gasteiger partial charge is 0.452 e. The van der Waals surface area contributed by atoms with Gasteiger partial charge in [0.25, 0.3) is 5.91 Å². The van der Waals surface area contributed by atoms with Gasteiger partial charge in [0, 0.05) is 11.8 Å². The summed E-state index contributed by atoms with van der Waals surface area (Å²) in [5.41, 5.74) is 2.91. The van der Waals surface area contributed by atoms with Crippen molar-refractivity contribution in [3.63, 3.8) is 0 Å². The van der Waals surface area contributed by atoms with Crippen LogP contribution in [0.2, 0.25) is 0 Å². The second-order valence-corrected chi connectivity index (χ2v) is 6.24. The average molecular weight is 391 g/mol. The summed E-state index contributed by atoms with van der Waals surface area (Å²) >= 11 is 0. The van der Waals surface area contributed by atoms with E-state index < -0.39 is 18.5 Å². The Morgan fingerprint density at radius 3 is 2.52 bits per heavy atom. The second-order valence-electron chi connectivity index (χ2n) is 6.24. The Hall–Kier alpha value is -3.92. The van der Waals surface area contributed by atoms with Gasteiger partial charge in [-0.1, -0.05) is 35.7 Å². The first-order chi connectivity index (χ1) is 14.0. The molecule has 29 heavy (non-hydrogen) atoms. The van der Waals surface area contributed by atoms with E-state index in [0.29, 0.717) is 16.9 Å².